The largest absolute Gasteiger partial charge is 0.393 e. The molecular formula is C13H20N6. The zero-order valence-corrected chi connectivity index (χ0v) is 11.6. The zero-order valence-electron chi connectivity index (χ0n) is 11.6. The van der Waals surface area contributed by atoms with Gasteiger partial charge in [0.05, 0.1) is 5.69 Å². The number of nitrogens with one attached hydrogen (secondary N) is 1. The molecule has 0 radical (unpaired) electrons. The van der Waals surface area contributed by atoms with E-state index in [-0.39, 0.29) is 0 Å². The van der Waals surface area contributed by atoms with Crippen molar-refractivity contribution < 1.29 is 0 Å². The van der Waals surface area contributed by atoms with Crippen molar-refractivity contribution in [3.63, 3.8) is 0 Å². The quantitative estimate of drug-likeness (QED) is 0.804. The summed E-state index contributed by atoms with van der Waals surface area (Å²) >= 11 is 0. The van der Waals surface area contributed by atoms with Crippen LogP contribution in [-0.4, -0.2) is 26.3 Å². The molecule has 2 rings (SSSR count). The molecule has 0 aliphatic heterocycles. The second kappa shape index (κ2) is 5.69. The Balaban J connectivity index is 2.31. The van der Waals surface area contributed by atoms with E-state index < -0.39 is 0 Å². The molecule has 6 heteroatoms. The van der Waals surface area contributed by atoms with Crippen LogP contribution in [0, 0.1) is 13.8 Å². The molecule has 0 unspecified atom stereocenters. The smallest absolute Gasteiger partial charge is 0.182 e. The van der Waals surface area contributed by atoms with Crippen LogP contribution >= 0.6 is 0 Å². The summed E-state index contributed by atoms with van der Waals surface area (Å²) in [5.41, 5.74) is 8.60. The van der Waals surface area contributed by atoms with E-state index in [1.165, 1.54) is 6.33 Å². The molecule has 2 aromatic rings. The average molecular weight is 260 g/mol. The van der Waals surface area contributed by atoms with Gasteiger partial charge in [-0.3, -0.25) is 0 Å². The third-order valence-corrected chi connectivity index (χ3v) is 2.90. The Morgan fingerprint density at radius 1 is 1.32 bits per heavy atom. The lowest BCUT2D eigenvalue weighted by Gasteiger charge is -2.11. The summed E-state index contributed by atoms with van der Waals surface area (Å²) < 4.78 is 1.75. The third-order valence-electron chi connectivity index (χ3n) is 2.90. The topological polar surface area (TPSA) is 81.7 Å². The van der Waals surface area contributed by atoms with Gasteiger partial charge in [0.2, 0.25) is 0 Å². The highest BCUT2D eigenvalue weighted by molar-refractivity contribution is 5.69. The Kier molecular flexibility index (Phi) is 3.99. The van der Waals surface area contributed by atoms with Crippen LogP contribution in [0.15, 0.2) is 12.4 Å². The lowest BCUT2D eigenvalue weighted by Crippen LogP contribution is -2.12. The van der Waals surface area contributed by atoms with Gasteiger partial charge >= 0.3 is 0 Å². The molecule has 0 bridgehead atoms. The minimum Gasteiger partial charge on any atom is -0.393 e. The van der Waals surface area contributed by atoms with Crippen LogP contribution < -0.4 is 11.1 Å². The minimum absolute atomic E-state index is 0.532. The molecule has 0 aliphatic carbocycles. The van der Waals surface area contributed by atoms with Crippen LogP contribution in [0.1, 0.15) is 31.2 Å². The highest BCUT2D eigenvalue weighted by Crippen LogP contribution is 2.22. The fourth-order valence-corrected chi connectivity index (χ4v) is 1.92. The van der Waals surface area contributed by atoms with E-state index >= 15 is 0 Å². The molecular weight excluding hydrogens is 240 g/mol. The number of anilines is 2. The van der Waals surface area contributed by atoms with Crippen molar-refractivity contribution in [2.75, 3.05) is 17.6 Å². The Bertz CT molecular complexity index is 560. The predicted molar refractivity (Wildman–Crippen MR) is 76.4 cm³/mol. The lowest BCUT2D eigenvalue weighted by atomic mass is 10.3. The van der Waals surface area contributed by atoms with Crippen molar-refractivity contribution in [2.24, 2.45) is 0 Å². The van der Waals surface area contributed by atoms with Crippen molar-refractivity contribution in [3.8, 4) is 5.82 Å². The van der Waals surface area contributed by atoms with E-state index in [2.05, 4.69) is 27.3 Å². The maximum absolute atomic E-state index is 6.13. The summed E-state index contributed by atoms with van der Waals surface area (Å²) in [7, 11) is 0. The number of aromatic nitrogens is 4. The number of unbranched alkanes of at least 4 members (excludes halogenated alkanes) is 1. The van der Waals surface area contributed by atoms with Crippen LogP contribution in [0.5, 0.6) is 0 Å². The number of aryl methyl sites for hydroxylation is 2. The van der Waals surface area contributed by atoms with Crippen LogP contribution in [0.25, 0.3) is 5.82 Å². The van der Waals surface area contributed by atoms with Gasteiger partial charge in [-0.2, -0.15) is 5.10 Å². The van der Waals surface area contributed by atoms with Gasteiger partial charge in [0.1, 0.15) is 12.0 Å². The first-order chi connectivity index (χ1) is 9.13. The van der Waals surface area contributed by atoms with Crippen LogP contribution in [0.4, 0.5) is 11.5 Å². The van der Waals surface area contributed by atoms with Crippen molar-refractivity contribution in [2.45, 2.75) is 33.6 Å². The molecule has 0 fully saturated rings. The van der Waals surface area contributed by atoms with Crippen molar-refractivity contribution in [1.29, 1.82) is 0 Å². The number of hydrogen-bond donors (Lipinski definition) is 2. The molecule has 0 atom stereocenters. The summed E-state index contributed by atoms with van der Waals surface area (Å²) in [6, 6.07) is 1.99. The normalized spacial score (nSPS) is 10.7. The summed E-state index contributed by atoms with van der Waals surface area (Å²) in [6.45, 7) is 6.92. The molecule has 0 spiro atoms. The van der Waals surface area contributed by atoms with Crippen LogP contribution in [0.3, 0.4) is 0 Å². The molecule has 0 aromatic carbocycles. The average Bonchev–Trinajstić information content (AvgIpc) is 2.71. The molecule has 2 heterocycles. The van der Waals surface area contributed by atoms with Gasteiger partial charge in [-0.1, -0.05) is 13.3 Å². The Hall–Kier alpha value is -2.11. The summed E-state index contributed by atoms with van der Waals surface area (Å²) in [5.74, 6) is 1.30. The predicted octanol–water partition coefficient (Wildman–Crippen LogP) is 2.07. The highest BCUT2D eigenvalue weighted by Gasteiger charge is 2.12. The fraction of sp³-hybridized carbons (Fsp3) is 0.462. The third kappa shape index (κ3) is 2.83. The first-order valence-corrected chi connectivity index (χ1v) is 6.51. The van der Waals surface area contributed by atoms with Gasteiger partial charge in [-0.25, -0.2) is 14.6 Å². The standard InChI is InChI=1S/C13H20N6/c1-4-5-6-15-12-11(14)13(17-8-16-12)19-10(3)7-9(2)18-19/h7-8H,4-6,14H2,1-3H3,(H,15,16,17). The van der Waals surface area contributed by atoms with Crippen LogP contribution in [-0.2, 0) is 0 Å². The minimum atomic E-state index is 0.532. The monoisotopic (exact) mass is 260 g/mol. The Morgan fingerprint density at radius 3 is 2.74 bits per heavy atom. The van der Waals surface area contributed by atoms with E-state index in [0.29, 0.717) is 17.3 Å². The molecule has 19 heavy (non-hydrogen) atoms. The van der Waals surface area contributed by atoms with Gasteiger partial charge in [0, 0.05) is 12.2 Å². The number of hydrogen-bond acceptors (Lipinski definition) is 5. The van der Waals surface area contributed by atoms with Crippen molar-refractivity contribution >= 4 is 11.5 Å². The lowest BCUT2D eigenvalue weighted by molar-refractivity contribution is 0.800. The Morgan fingerprint density at radius 2 is 2.11 bits per heavy atom. The molecule has 0 saturated carbocycles. The summed E-state index contributed by atoms with van der Waals surface area (Å²) in [4.78, 5) is 8.42. The van der Waals surface area contributed by atoms with E-state index in [4.69, 9.17) is 5.73 Å². The fourth-order valence-electron chi connectivity index (χ4n) is 1.92. The molecule has 3 N–H and O–H groups in total. The maximum atomic E-state index is 6.13. The van der Waals surface area contributed by atoms with Crippen molar-refractivity contribution in [3.05, 3.63) is 23.8 Å². The summed E-state index contributed by atoms with van der Waals surface area (Å²) in [5, 5.41) is 7.63. The van der Waals surface area contributed by atoms with E-state index in [9.17, 15) is 0 Å². The van der Waals surface area contributed by atoms with Gasteiger partial charge in [-0.15, -0.1) is 0 Å². The van der Waals surface area contributed by atoms with Crippen molar-refractivity contribution in [1.82, 2.24) is 19.7 Å². The van der Waals surface area contributed by atoms with E-state index in [1.807, 2.05) is 19.9 Å². The Labute approximate surface area is 113 Å². The second-order valence-electron chi connectivity index (χ2n) is 4.58. The number of nitrogens with two attached hydrogens (primary N) is 1. The van der Waals surface area contributed by atoms with Gasteiger partial charge in [-0.05, 0) is 26.3 Å². The van der Waals surface area contributed by atoms with E-state index in [0.717, 1.165) is 30.8 Å². The summed E-state index contributed by atoms with van der Waals surface area (Å²) in [6.07, 6.45) is 3.72. The molecule has 2 aromatic heterocycles. The SMILES string of the molecule is CCCCNc1ncnc(-n2nc(C)cc2C)c1N. The number of nitrogens with zero attached hydrogens (tertiary/aromatic N) is 4. The first-order valence-electron chi connectivity index (χ1n) is 6.51. The highest BCUT2D eigenvalue weighted by atomic mass is 15.3. The molecule has 0 amide bonds. The maximum Gasteiger partial charge on any atom is 0.182 e. The molecule has 6 nitrogen and oxygen atoms in total. The number of rotatable bonds is 5. The second-order valence-corrected chi connectivity index (χ2v) is 4.58. The van der Waals surface area contributed by atoms with Crippen LogP contribution in [0.2, 0.25) is 0 Å². The molecule has 0 aliphatic rings. The van der Waals surface area contributed by atoms with E-state index in [1.54, 1.807) is 4.68 Å². The molecule has 102 valence electrons. The van der Waals surface area contributed by atoms with Gasteiger partial charge < -0.3 is 11.1 Å². The van der Waals surface area contributed by atoms with Gasteiger partial charge in [0.25, 0.3) is 0 Å². The molecule has 0 saturated heterocycles. The number of nitrogen functional groups attached to an aromatic ring is 1. The zero-order chi connectivity index (χ0) is 13.8. The van der Waals surface area contributed by atoms with Gasteiger partial charge in [0.15, 0.2) is 11.6 Å². The first kappa shape index (κ1) is 13.3.